The number of para-hydroxylation sites is 1. The molecule has 6 nitrogen and oxygen atoms in total. The zero-order chi connectivity index (χ0) is 16.8. The molecule has 3 rings (SSSR count). The van der Waals surface area contributed by atoms with E-state index < -0.39 is 0 Å². The summed E-state index contributed by atoms with van der Waals surface area (Å²) in [6.07, 6.45) is 0. The van der Waals surface area contributed by atoms with Crippen molar-refractivity contribution in [3.8, 4) is 5.75 Å². The van der Waals surface area contributed by atoms with Crippen LogP contribution in [-0.4, -0.2) is 37.3 Å². The fourth-order valence-electron chi connectivity index (χ4n) is 2.34. The molecule has 0 radical (unpaired) electrons. The predicted octanol–water partition coefficient (Wildman–Crippen LogP) is 3.44. The van der Waals surface area contributed by atoms with Crippen LogP contribution >= 0.6 is 0 Å². The molecule has 0 amide bonds. The van der Waals surface area contributed by atoms with Crippen LogP contribution in [0.25, 0.3) is 10.9 Å². The molecule has 0 aliphatic heterocycles. The summed E-state index contributed by atoms with van der Waals surface area (Å²) in [4.78, 5) is 9.17. The molecular weight excluding hydrogens is 304 g/mol. The van der Waals surface area contributed by atoms with Gasteiger partial charge in [-0.05, 0) is 36.4 Å². The van der Waals surface area contributed by atoms with Crippen molar-refractivity contribution in [2.24, 2.45) is 0 Å². The quantitative estimate of drug-likeness (QED) is 0.649. The average molecular weight is 324 g/mol. The van der Waals surface area contributed by atoms with Gasteiger partial charge in [0.15, 0.2) is 0 Å². The Hall–Kier alpha value is -2.86. The van der Waals surface area contributed by atoms with Crippen molar-refractivity contribution in [2.75, 3.05) is 38.0 Å². The molecule has 0 unspecified atom stereocenters. The SMILES string of the molecule is COCCNc1nc(Nc2ccc(OC)cc2)nc2ccccc12. The highest BCUT2D eigenvalue weighted by Gasteiger charge is 2.07. The molecule has 2 aromatic carbocycles. The molecule has 0 saturated carbocycles. The van der Waals surface area contributed by atoms with Crippen LogP contribution in [0.4, 0.5) is 17.5 Å². The standard InChI is InChI=1S/C18H20N4O2/c1-23-12-11-19-17-15-5-3-4-6-16(15)21-18(22-17)20-13-7-9-14(24-2)10-8-13/h3-10H,11-12H2,1-2H3,(H2,19,20,21,22). The highest BCUT2D eigenvalue weighted by atomic mass is 16.5. The summed E-state index contributed by atoms with van der Waals surface area (Å²) in [5, 5.41) is 7.51. The van der Waals surface area contributed by atoms with Crippen molar-refractivity contribution in [3.63, 3.8) is 0 Å². The zero-order valence-electron chi connectivity index (χ0n) is 13.7. The van der Waals surface area contributed by atoms with E-state index in [1.54, 1.807) is 14.2 Å². The van der Waals surface area contributed by atoms with Gasteiger partial charge in [-0.2, -0.15) is 4.98 Å². The fraction of sp³-hybridized carbons (Fsp3) is 0.222. The molecule has 1 aromatic heterocycles. The van der Waals surface area contributed by atoms with Crippen LogP contribution in [0.5, 0.6) is 5.75 Å². The molecule has 0 aliphatic carbocycles. The summed E-state index contributed by atoms with van der Waals surface area (Å²) < 4.78 is 10.3. The number of benzene rings is 2. The van der Waals surface area contributed by atoms with Crippen molar-refractivity contribution >= 4 is 28.4 Å². The minimum atomic E-state index is 0.541. The van der Waals surface area contributed by atoms with Gasteiger partial charge >= 0.3 is 0 Å². The number of anilines is 3. The van der Waals surface area contributed by atoms with Crippen LogP contribution in [0.3, 0.4) is 0 Å². The Morgan fingerprint density at radius 3 is 2.50 bits per heavy atom. The Labute approximate surface area is 140 Å². The molecule has 2 N–H and O–H groups in total. The Balaban J connectivity index is 1.89. The van der Waals surface area contributed by atoms with E-state index in [1.807, 2.05) is 48.5 Å². The second kappa shape index (κ2) is 7.61. The molecule has 0 spiro atoms. The molecule has 0 atom stereocenters. The molecule has 6 heteroatoms. The first-order chi connectivity index (χ1) is 11.8. The van der Waals surface area contributed by atoms with Crippen molar-refractivity contribution in [3.05, 3.63) is 48.5 Å². The van der Waals surface area contributed by atoms with Crippen LogP contribution < -0.4 is 15.4 Å². The maximum atomic E-state index is 5.17. The molecule has 0 fully saturated rings. The average Bonchev–Trinajstić information content (AvgIpc) is 2.62. The Morgan fingerprint density at radius 1 is 0.958 bits per heavy atom. The van der Waals surface area contributed by atoms with Crippen LogP contribution in [-0.2, 0) is 4.74 Å². The van der Waals surface area contributed by atoms with E-state index >= 15 is 0 Å². The Bertz CT molecular complexity index is 806. The van der Waals surface area contributed by atoms with Gasteiger partial charge in [0.05, 0.1) is 19.2 Å². The van der Waals surface area contributed by atoms with E-state index in [4.69, 9.17) is 9.47 Å². The molecule has 124 valence electrons. The lowest BCUT2D eigenvalue weighted by Crippen LogP contribution is -2.10. The van der Waals surface area contributed by atoms with E-state index in [9.17, 15) is 0 Å². The Morgan fingerprint density at radius 2 is 1.75 bits per heavy atom. The molecule has 0 saturated heterocycles. The van der Waals surface area contributed by atoms with Gasteiger partial charge in [-0.3, -0.25) is 0 Å². The number of rotatable bonds is 7. The van der Waals surface area contributed by atoms with Gasteiger partial charge in [-0.15, -0.1) is 0 Å². The second-order valence-electron chi connectivity index (χ2n) is 5.19. The van der Waals surface area contributed by atoms with Gasteiger partial charge in [0.2, 0.25) is 5.95 Å². The number of aromatic nitrogens is 2. The van der Waals surface area contributed by atoms with Gasteiger partial charge in [0, 0.05) is 24.7 Å². The lowest BCUT2D eigenvalue weighted by molar-refractivity contribution is 0.210. The highest BCUT2D eigenvalue weighted by molar-refractivity contribution is 5.90. The first kappa shape index (κ1) is 16.0. The maximum absolute atomic E-state index is 5.17. The molecule has 1 heterocycles. The first-order valence-corrected chi connectivity index (χ1v) is 7.71. The normalized spacial score (nSPS) is 10.6. The van der Waals surface area contributed by atoms with Crippen LogP contribution in [0, 0.1) is 0 Å². The molecule has 3 aromatic rings. The number of nitrogens with one attached hydrogen (secondary N) is 2. The van der Waals surface area contributed by atoms with Gasteiger partial charge in [-0.25, -0.2) is 4.98 Å². The summed E-state index contributed by atoms with van der Waals surface area (Å²) in [5.74, 6) is 2.13. The van der Waals surface area contributed by atoms with Crippen molar-refractivity contribution in [1.29, 1.82) is 0 Å². The number of fused-ring (bicyclic) bond motifs is 1. The van der Waals surface area contributed by atoms with Crippen molar-refractivity contribution < 1.29 is 9.47 Å². The summed E-state index contributed by atoms with van der Waals surface area (Å²) >= 11 is 0. The third kappa shape index (κ3) is 3.72. The van der Waals surface area contributed by atoms with Crippen molar-refractivity contribution in [2.45, 2.75) is 0 Å². The van der Waals surface area contributed by atoms with Gasteiger partial charge in [0.1, 0.15) is 11.6 Å². The summed E-state index contributed by atoms with van der Waals surface area (Å²) in [7, 11) is 3.32. The highest BCUT2D eigenvalue weighted by Crippen LogP contribution is 2.24. The molecular formula is C18H20N4O2. The zero-order valence-corrected chi connectivity index (χ0v) is 13.7. The molecule has 0 bridgehead atoms. The summed E-state index contributed by atoms with van der Waals surface area (Å²) in [5.41, 5.74) is 1.78. The van der Waals surface area contributed by atoms with Crippen LogP contribution in [0.2, 0.25) is 0 Å². The second-order valence-corrected chi connectivity index (χ2v) is 5.19. The summed E-state index contributed by atoms with van der Waals surface area (Å²) in [6, 6.07) is 15.5. The number of methoxy groups -OCH3 is 2. The minimum Gasteiger partial charge on any atom is -0.497 e. The monoisotopic (exact) mass is 324 g/mol. The van der Waals surface area contributed by atoms with E-state index in [0.717, 1.165) is 28.2 Å². The lowest BCUT2D eigenvalue weighted by atomic mass is 10.2. The fourth-order valence-corrected chi connectivity index (χ4v) is 2.34. The van der Waals surface area contributed by atoms with Gasteiger partial charge in [0.25, 0.3) is 0 Å². The number of hydrogen-bond donors (Lipinski definition) is 2. The van der Waals surface area contributed by atoms with Gasteiger partial charge < -0.3 is 20.1 Å². The number of nitrogens with zero attached hydrogens (tertiary/aromatic N) is 2. The molecule has 24 heavy (non-hydrogen) atoms. The first-order valence-electron chi connectivity index (χ1n) is 7.71. The molecule has 0 aliphatic rings. The van der Waals surface area contributed by atoms with E-state index in [-0.39, 0.29) is 0 Å². The number of ether oxygens (including phenoxy) is 2. The van der Waals surface area contributed by atoms with Crippen LogP contribution in [0.15, 0.2) is 48.5 Å². The number of hydrogen-bond acceptors (Lipinski definition) is 6. The Kier molecular flexibility index (Phi) is 5.08. The largest absolute Gasteiger partial charge is 0.497 e. The maximum Gasteiger partial charge on any atom is 0.229 e. The third-order valence-corrected chi connectivity index (χ3v) is 3.55. The minimum absolute atomic E-state index is 0.541. The lowest BCUT2D eigenvalue weighted by Gasteiger charge is -2.12. The predicted molar refractivity (Wildman–Crippen MR) is 96.2 cm³/mol. The smallest absolute Gasteiger partial charge is 0.229 e. The van der Waals surface area contributed by atoms with E-state index in [0.29, 0.717) is 19.1 Å². The van der Waals surface area contributed by atoms with Crippen molar-refractivity contribution in [1.82, 2.24) is 9.97 Å². The van der Waals surface area contributed by atoms with Gasteiger partial charge in [-0.1, -0.05) is 12.1 Å². The third-order valence-electron chi connectivity index (χ3n) is 3.55. The van der Waals surface area contributed by atoms with E-state index in [1.165, 1.54) is 0 Å². The topological polar surface area (TPSA) is 68.3 Å². The van der Waals surface area contributed by atoms with E-state index in [2.05, 4.69) is 20.6 Å². The van der Waals surface area contributed by atoms with Crippen LogP contribution in [0.1, 0.15) is 0 Å². The summed E-state index contributed by atoms with van der Waals surface area (Å²) in [6.45, 7) is 1.29.